The molecule has 0 spiro atoms. The van der Waals surface area contributed by atoms with Crippen LogP contribution in [0.1, 0.15) is 0 Å². The van der Waals surface area contributed by atoms with Crippen LogP contribution < -0.4 is 0 Å². The van der Waals surface area contributed by atoms with Crippen LogP contribution in [0.2, 0.25) is 0 Å². The molecule has 2 heterocycles. The summed E-state index contributed by atoms with van der Waals surface area (Å²) >= 11 is 5.23. The first-order valence-corrected chi connectivity index (χ1v) is 8.64. The molecule has 0 amide bonds. The zero-order valence-electron chi connectivity index (χ0n) is 10.2. The van der Waals surface area contributed by atoms with Crippen LogP contribution in [0.25, 0.3) is 21.5 Å². The van der Waals surface area contributed by atoms with Crippen molar-refractivity contribution in [3.05, 3.63) is 28.0 Å². The Bertz CT molecular complexity index is 812. The van der Waals surface area contributed by atoms with E-state index in [-0.39, 0.29) is 0 Å². The lowest BCUT2D eigenvalue weighted by Gasteiger charge is -1.99. The van der Waals surface area contributed by atoms with Crippen molar-refractivity contribution in [3.8, 4) is 10.6 Å². The number of halogens is 1. The summed E-state index contributed by atoms with van der Waals surface area (Å²) in [6, 6.07) is 5.64. The average Bonchev–Trinajstić information content (AvgIpc) is 3.03. The van der Waals surface area contributed by atoms with Crippen molar-refractivity contribution in [3.63, 3.8) is 0 Å². The third-order valence-corrected chi connectivity index (χ3v) is 5.60. The SMILES string of the molecule is CSc1nnc(-c2ccc3c(c2)c(I)cn3C(=O)O)s1. The summed E-state index contributed by atoms with van der Waals surface area (Å²) in [5.41, 5.74) is 1.64. The highest BCUT2D eigenvalue weighted by Crippen LogP contribution is 2.32. The highest BCUT2D eigenvalue weighted by atomic mass is 127. The smallest absolute Gasteiger partial charge is 0.416 e. The molecule has 0 atom stereocenters. The second kappa shape index (κ2) is 5.34. The van der Waals surface area contributed by atoms with Gasteiger partial charge in [0.2, 0.25) is 0 Å². The van der Waals surface area contributed by atoms with E-state index in [0.717, 1.165) is 23.9 Å². The van der Waals surface area contributed by atoms with Crippen LogP contribution in [0.15, 0.2) is 28.7 Å². The van der Waals surface area contributed by atoms with Gasteiger partial charge in [-0.05, 0) is 47.0 Å². The number of hydrogen-bond acceptors (Lipinski definition) is 5. The fourth-order valence-electron chi connectivity index (χ4n) is 1.89. The van der Waals surface area contributed by atoms with Crippen molar-refractivity contribution in [1.82, 2.24) is 14.8 Å². The summed E-state index contributed by atoms with van der Waals surface area (Å²) in [4.78, 5) is 11.2. The van der Waals surface area contributed by atoms with Gasteiger partial charge >= 0.3 is 6.09 Å². The van der Waals surface area contributed by atoms with Crippen molar-refractivity contribution in [2.45, 2.75) is 4.34 Å². The third kappa shape index (κ3) is 2.31. The molecule has 8 heteroatoms. The molecule has 102 valence electrons. The van der Waals surface area contributed by atoms with E-state index in [1.165, 1.54) is 15.9 Å². The number of carbonyl (C=O) groups is 1. The molecule has 5 nitrogen and oxygen atoms in total. The van der Waals surface area contributed by atoms with Gasteiger partial charge in [-0.25, -0.2) is 4.79 Å². The van der Waals surface area contributed by atoms with Crippen LogP contribution in [-0.2, 0) is 0 Å². The van der Waals surface area contributed by atoms with Crippen molar-refractivity contribution < 1.29 is 9.90 Å². The Hall–Kier alpha value is -1.13. The quantitative estimate of drug-likeness (QED) is 0.504. The molecule has 3 aromatic rings. The van der Waals surface area contributed by atoms with Gasteiger partial charge in [0, 0.05) is 20.7 Å². The molecule has 0 fully saturated rings. The van der Waals surface area contributed by atoms with E-state index in [2.05, 4.69) is 32.8 Å². The topological polar surface area (TPSA) is 68.0 Å². The first-order valence-electron chi connectivity index (χ1n) is 5.52. The van der Waals surface area contributed by atoms with E-state index in [4.69, 9.17) is 5.11 Å². The number of carboxylic acid groups (broad SMARTS) is 1. The molecule has 0 aliphatic carbocycles. The minimum Gasteiger partial charge on any atom is -0.464 e. The summed E-state index contributed by atoms with van der Waals surface area (Å²) in [5.74, 6) is 0. The second-order valence-electron chi connectivity index (χ2n) is 3.94. The number of hydrogen-bond donors (Lipinski definition) is 1. The first-order chi connectivity index (χ1) is 9.60. The van der Waals surface area contributed by atoms with Crippen molar-refractivity contribution >= 4 is 62.7 Å². The van der Waals surface area contributed by atoms with E-state index >= 15 is 0 Å². The molecule has 0 saturated heterocycles. The van der Waals surface area contributed by atoms with Crippen molar-refractivity contribution in [2.75, 3.05) is 6.26 Å². The van der Waals surface area contributed by atoms with Crippen molar-refractivity contribution in [1.29, 1.82) is 0 Å². The van der Waals surface area contributed by atoms with E-state index in [1.54, 1.807) is 24.0 Å². The van der Waals surface area contributed by atoms with Crippen LogP contribution in [0.3, 0.4) is 0 Å². The molecule has 0 aliphatic heterocycles. The van der Waals surface area contributed by atoms with Gasteiger partial charge in [-0.1, -0.05) is 23.1 Å². The summed E-state index contributed by atoms with van der Waals surface area (Å²) in [6.45, 7) is 0. The van der Waals surface area contributed by atoms with Gasteiger partial charge in [0.1, 0.15) is 5.01 Å². The minimum absolute atomic E-state index is 0.681. The maximum absolute atomic E-state index is 11.2. The number of nitrogens with zero attached hydrogens (tertiary/aromatic N) is 3. The Kier molecular flexibility index (Phi) is 3.69. The first kappa shape index (κ1) is 13.8. The van der Waals surface area contributed by atoms with E-state index < -0.39 is 6.09 Å². The fraction of sp³-hybridized carbons (Fsp3) is 0.0833. The molecule has 0 bridgehead atoms. The maximum Gasteiger partial charge on any atom is 0.416 e. The standard InChI is InChI=1S/C12H8IN3O2S2/c1-19-11-15-14-10(20-11)6-2-3-9-7(4-6)8(13)5-16(9)12(17)18/h2-5H,1H3,(H,17,18). The van der Waals surface area contributed by atoms with Crippen LogP contribution in [0.5, 0.6) is 0 Å². The Morgan fingerprint density at radius 3 is 2.90 bits per heavy atom. The van der Waals surface area contributed by atoms with Gasteiger partial charge < -0.3 is 5.11 Å². The lowest BCUT2D eigenvalue weighted by molar-refractivity contribution is 0.197. The Morgan fingerprint density at radius 2 is 2.25 bits per heavy atom. The zero-order valence-corrected chi connectivity index (χ0v) is 14.0. The summed E-state index contributed by atoms with van der Waals surface area (Å²) in [6.07, 6.45) is 2.60. The monoisotopic (exact) mass is 417 g/mol. The molecule has 0 aliphatic rings. The number of fused-ring (bicyclic) bond motifs is 1. The molecule has 1 N–H and O–H groups in total. The summed E-state index contributed by atoms with van der Waals surface area (Å²) in [5, 5.41) is 19.1. The largest absolute Gasteiger partial charge is 0.464 e. The Morgan fingerprint density at radius 1 is 1.45 bits per heavy atom. The van der Waals surface area contributed by atoms with Gasteiger partial charge in [0.15, 0.2) is 4.34 Å². The lowest BCUT2D eigenvalue weighted by atomic mass is 10.2. The van der Waals surface area contributed by atoms with E-state index in [1.807, 2.05) is 18.4 Å². The highest BCUT2D eigenvalue weighted by molar-refractivity contribution is 14.1. The average molecular weight is 417 g/mol. The summed E-state index contributed by atoms with van der Waals surface area (Å²) in [7, 11) is 0. The molecule has 2 aromatic heterocycles. The number of aromatic nitrogens is 3. The van der Waals surface area contributed by atoms with Crippen molar-refractivity contribution in [2.24, 2.45) is 0 Å². The van der Waals surface area contributed by atoms with Gasteiger partial charge in [-0.3, -0.25) is 4.57 Å². The zero-order chi connectivity index (χ0) is 14.3. The molecular formula is C12H8IN3O2S2. The van der Waals surface area contributed by atoms with Gasteiger partial charge in [-0.15, -0.1) is 10.2 Å². The molecular weight excluding hydrogens is 409 g/mol. The van der Waals surface area contributed by atoms with Crippen LogP contribution >= 0.6 is 45.7 Å². The molecule has 0 radical (unpaired) electrons. The minimum atomic E-state index is -0.980. The number of benzene rings is 1. The van der Waals surface area contributed by atoms with Crippen LogP contribution in [0, 0.1) is 3.57 Å². The van der Waals surface area contributed by atoms with Gasteiger partial charge in [-0.2, -0.15) is 0 Å². The van der Waals surface area contributed by atoms with Gasteiger partial charge in [0.05, 0.1) is 5.52 Å². The predicted octanol–water partition coefficient (Wildman–Crippen LogP) is 4.01. The van der Waals surface area contributed by atoms with E-state index in [0.29, 0.717) is 5.52 Å². The maximum atomic E-state index is 11.2. The molecule has 0 saturated carbocycles. The van der Waals surface area contributed by atoms with Crippen LogP contribution in [0.4, 0.5) is 4.79 Å². The molecule has 0 unspecified atom stereocenters. The summed E-state index contributed by atoms with van der Waals surface area (Å²) < 4.78 is 3.04. The molecule has 3 rings (SSSR count). The predicted molar refractivity (Wildman–Crippen MR) is 88.8 cm³/mol. The van der Waals surface area contributed by atoms with Gasteiger partial charge in [0.25, 0.3) is 0 Å². The second-order valence-corrected chi connectivity index (χ2v) is 7.13. The highest BCUT2D eigenvalue weighted by Gasteiger charge is 2.13. The fourth-order valence-corrected chi connectivity index (χ4v) is 3.87. The molecule has 1 aromatic carbocycles. The Balaban J connectivity index is 2.15. The number of thioether (sulfide) groups is 1. The number of rotatable bonds is 2. The third-order valence-electron chi connectivity index (χ3n) is 2.79. The van der Waals surface area contributed by atoms with Crippen LogP contribution in [-0.4, -0.2) is 32.2 Å². The molecule has 20 heavy (non-hydrogen) atoms. The van der Waals surface area contributed by atoms with E-state index in [9.17, 15) is 4.79 Å². The Labute approximate surface area is 136 Å². The normalized spacial score (nSPS) is 11.1. The lowest BCUT2D eigenvalue weighted by Crippen LogP contribution is -2.05.